The van der Waals surface area contributed by atoms with Crippen molar-refractivity contribution in [1.82, 2.24) is 39.7 Å². The van der Waals surface area contributed by atoms with Crippen LogP contribution in [0.1, 0.15) is 66.5 Å². The number of carbonyl (C=O) groups is 2. The summed E-state index contributed by atoms with van der Waals surface area (Å²) < 4.78 is 48.3. The number of nitrogens with zero attached hydrogens (tertiary/aromatic N) is 8. The second-order valence-corrected chi connectivity index (χ2v) is 19.5. The van der Waals surface area contributed by atoms with Gasteiger partial charge in [-0.3, -0.25) is 14.6 Å². The molecule has 0 saturated carbocycles. The number of amides is 2. The largest absolute Gasteiger partial charge is 0.384 e. The van der Waals surface area contributed by atoms with Crippen molar-refractivity contribution in [3.63, 3.8) is 0 Å². The van der Waals surface area contributed by atoms with Crippen molar-refractivity contribution < 1.29 is 26.4 Å². The molecule has 0 bridgehead atoms. The van der Waals surface area contributed by atoms with Crippen molar-refractivity contribution in [3.8, 4) is 0 Å². The predicted molar refractivity (Wildman–Crippen MR) is 241 cm³/mol. The van der Waals surface area contributed by atoms with Crippen molar-refractivity contribution >= 4 is 71.7 Å². The number of pyridine rings is 2. The Bertz CT molecular complexity index is 2930. The zero-order valence-corrected chi connectivity index (χ0v) is 38.2. The lowest BCUT2D eigenvalue weighted by Gasteiger charge is -2.15. The summed E-state index contributed by atoms with van der Waals surface area (Å²) in [6, 6.07) is 20.1. The molecule has 8 rings (SSSR count). The third kappa shape index (κ3) is 11.1. The van der Waals surface area contributed by atoms with Gasteiger partial charge in [0.1, 0.15) is 22.6 Å². The van der Waals surface area contributed by atoms with Crippen LogP contribution in [0.5, 0.6) is 0 Å². The number of fused-ring (bicyclic) bond motifs is 2. The summed E-state index contributed by atoms with van der Waals surface area (Å²) in [5.74, 6) is 1.63. The first-order chi connectivity index (χ1) is 29.6. The minimum Gasteiger partial charge on any atom is -0.384 e. The highest BCUT2D eigenvalue weighted by Gasteiger charge is 2.32. The number of nitrogens with two attached hydrogens (primary N) is 1. The van der Waals surface area contributed by atoms with Crippen LogP contribution in [0.25, 0.3) is 0 Å². The van der Waals surface area contributed by atoms with Gasteiger partial charge in [-0.1, -0.05) is 35.9 Å². The molecule has 2 aliphatic rings. The van der Waals surface area contributed by atoms with Crippen LogP contribution in [0.15, 0.2) is 82.6 Å². The number of benzene rings is 2. The molecule has 2 aromatic carbocycles. The Morgan fingerprint density at radius 3 is 1.52 bits per heavy atom. The second kappa shape index (κ2) is 18.4. The van der Waals surface area contributed by atoms with E-state index in [9.17, 15) is 26.4 Å². The van der Waals surface area contributed by atoms with Crippen molar-refractivity contribution in [1.29, 1.82) is 0 Å². The van der Waals surface area contributed by atoms with E-state index in [1.54, 1.807) is 73.6 Å². The Kier molecular flexibility index (Phi) is 13.4. The number of aromatic nitrogens is 6. The Morgan fingerprint density at radius 1 is 0.603 bits per heavy atom. The molecule has 63 heavy (non-hydrogen) atoms. The molecule has 0 spiro atoms. The van der Waals surface area contributed by atoms with E-state index in [1.165, 1.54) is 17.0 Å². The topological polar surface area (TPSA) is 236 Å². The summed E-state index contributed by atoms with van der Waals surface area (Å²) in [6.45, 7) is 8.24. The molecule has 2 amide bonds. The molecule has 6 heterocycles. The number of carbonyl (C=O) groups excluding carboxylic acids is 2. The molecule has 0 unspecified atom stereocenters. The summed E-state index contributed by atoms with van der Waals surface area (Å²) in [5, 5.41) is 6.44. The van der Waals surface area contributed by atoms with Crippen LogP contribution < -0.4 is 16.4 Å². The van der Waals surface area contributed by atoms with Gasteiger partial charge in [0.15, 0.2) is 19.7 Å². The average molecular weight is 912 g/mol. The molecule has 0 aliphatic carbocycles. The molecule has 0 fully saturated rings. The monoisotopic (exact) mass is 911 g/mol. The lowest BCUT2D eigenvalue weighted by Crippen LogP contribution is -2.18. The van der Waals surface area contributed by atoms with E-state index in [2.05, 4.69) is 35.6 Å². The van der Waals surface area contributed by atoms with Gasteiger partial charge in [0, 0.05) is 56.2 Å². The van der Waals surface area contributed by atoms with E-state index in [-0.39, 0.29) is 26.8 Å². The maximum Gasteiger partial charge on any atom is 0.257 e. The van der Waals surface area contributed by atoms with E-state index < -0.39 is 19.7 Å². The van der Waals surface area contributed by atoms with Gasteiger partial charge < -0.3 is 26.2 Å². The summed E-state index contributed by atoms with van der Waals surface area (Å²) in [4.78, 5) is 54.1. The smallest absolute Gasteiger partial charge is 0.257 e. The van der Waals surface area contributed by atoms with E-state index in [1.807, 2.05) is 33.8 Å². The highest BCUT2D eigenvalue weighted by atomic mass is 35.5. The van der Waals surface area contributed by atoms with Gasteiger partial charge >= 0.3 is 0 Å². The van der Waals surface area contributed by atoms with Crippen molar-refractivity contribution in [2.45, 2.75) is 57.0 Å². The average Bonchev–Trinajstić information content (AvgIpc) is 3.62. The number of nitrogens with one attached hydrogen (secondary N) is 2. The van der Waals surface area contributed by atoms with E-state index in [0.717, 1.165) is 41.1 Å². The molecule has 328 valence electrons. The quantitative estimate of drug-likeness (QED) is 0.150. The molecule has 4 N–H and O–H groups in total. The maximum atomic E-state index is 12.8. The van der Waals surface area contributed by atoms with Crippen LogP contribution in [0.3, 0.4) is 0 Å². The number of hydrogen-bond acceptors (Lipinski definition) is 15. The molecule has 0 atom stereocenters. The van der Waals surface area contributed by atoms with Gasteiger partial charge in [-0.05, 0) is 70.2 Å². The Balaban J connectivity index is 0.000000180. The molecule has 2 aliphatic heterocycles. The minimum absolute atomic E-state index is 0.151. The Hall–Kier alpha value is -6.57. The highest BCUT2D eigenvalue weighted by molar-refractivity contribution is 7.91. The number of nitrogen functional groups attached to an aromatic ring is 1. The van der Waals surface area contributed by atoms with Crippen LogP contribution in [-0.2, 0) is 39.2 Å². The third-order valence-electron chi connectivity index (χ3n) is 9.58. The SMILES string of the molecule is CN1Cc2nc(Cl)cc(Nc3ccccc3S(C)(=O)=O)c2C1=O.Cc1cc(Cc2cc(Nc3ccccc3S(C)(=O)=O)c3c(n2)CN(C)C3=O)nc(C)n1.Cc1cc(N)nc(C)n1. The molecule has 0 saturated heterocycles. The second-order valence-electron chi connectivity index (χ2n) is 15.1. The first-order valence-corrected chi connectivity index (χ1v) is 23.5. The van der Waals surface area contributed by atoms with Gasteiger partial charge in [-0.2, -0.15) is 0 Å². The van der Waals surface area contributed by atoms with E-state index in [0.29, 0.717) is 76.4 Å². The normalized spacial score (nSPS) is 13.1. The maximum absolute atomic E-state index is 12.8. The number of hydrogen-bond donors (Lipinski definition) is 3. The summed E-state index contributed by atoms with van der Waals surface area (Å²) in [6.07, 6.45) is 2.77. The van der Waals surface area contributed by atoms with Gasteiger partial charge in [-0.25, -0.2) is 41.8 Å². The number of rotatable bonds is 8. The molecular formula is C43H46ClN11O6S2. The fraction of sp³-hybridized carbons (Fsp3) is 0.256. The van der Waals surface area contributed by atoms with Crippen molar-refractivity contribution in [2.75, 3.05) is 43.0 Å². The van der Waals surface area contributed by atoms with Gasteiger partial charge in [0.05, 0.1) is 73.8 Å². The number of aryl methyl sites for hydroxylation is 4. The zero-order chi connectivity index (χ0) is 46.0. The Morgan fingerprint density at radius 2 is 1.05 bits per heavy atom. The Labute approximate surface area is 371 Å². The minimum atomic E-state index is -3.45. The highest BCUT2D eigenvalue weighted by Crippen LogP contribution is 2.35. The van der Waals surface area contributed by atoms with E-state index in [4.69, 9.17) is 22.3 Å². The summed E-state index contributed by atoms with van der Waals surface area (Å²) in [5.41, 5.74) is 12.7. The predicted octanol–water partition coefficient (Wildman–Crippen LogP) is 5.96. The zero-order valence-electron chi connectivity index (χ0n) is 35.8. The lowest BCUT2D eigenvalue weighted by atomic mass is 10.1. The first-order valence-electron chi connectivity index (χ1n) is 19.3. The third-order valence-corrected chi connectivity index (χ3v) is 12.1. The number of sulfone groups is 2. The molecule has 6 aromatic rings. The fourth-order valence-corrected chi connectivity index (χ4v) is 8.98. The summed E-state index contributed by atoms with van der Waals surface area (Å²) in [7, 11) is -3.47. The van der Waals surface area contributed by atoms with Crippen LogP contribution in [0, 0.1) is 27.7 Å². The van der Waals surface area contributed by atoms with Gasteiger partial charge in [0.2, 0.25) is 0 Å². The lowest BCUT2D eigenvalue weighted by molar-refractivity contribution is 0.0809. The fourth-order valence-electron chi connectivity index (χ4n) is 7.08. The molecule has 17 nitrogen and oxygen atoms in total. The van der Waals surface area contributed by atoms with Crippen LogP contribution in [0.2, 0.25) is 5.15 Å². The standard InChI is InChI=1S/C22H23N5O3S.C15H14ClN3O3S.C6H9N3/c1-13-9-15(24-14(2)23-13)10-16-11-18(21-19(25-16)12-27(3)22(21)28)26-17-7-5-6-8-20(17)31(4,29)30;1-19-8-11-14(15(19)20)10(7-13(16)18-11)17-9-5-3-4-6-12(9)23(2,21)22;1-4-3-6(7)9-5(2)8-4/h5-9,11H,10,12H2,1-4H3,(H,25,26);3-7H,8H2,1-2H3,(H,17,18);3H,1-2H3,(H2,7,8,9). The summed E-state index contributed by atoms with van der Waals surface area (Å²) >= 11 is 6.02. The first kappa shape index (κ1) is 45.9. The van der Waals surface area contributed by atoms with Crippen molar-refractivity contribution in [3.05, 3.63) is 135 Å². The molecular weight excluding hydrogens is 866 g/mol. The van der Waals surface area contributed by atoms with Crippen LogP contribution in [-0.4, -0.2) is 95.0 Å². The van der Waals surface area contributed by atoms with Crippen molar-refractivity contribution in [2.24, 2.45) is 0 Å². The van der Waals surface area contributed by atoms with E-state index >= 15 is 0 Å². The number of halogens is 1. The molecule has 20 heteroatoms. The van der Waals surface area contributed by atoms with Gasteiger partial charge in [-0.15, -0.1) is 0 Å². The molecule has 4 aromatic heterocycles. The van der Waals surface area contributed by atoms with Crippen LogP contribution in [0.4, 0.5) is 28.6 Å². The molecule has 0 radical (unpaired) electrons. The van der Waals surface area contributed by atoms with Gasteiger partial charge in [0.25, 0.3) is 11.8 Å². The number of anilines is 5. The number of para-hydroxylation sites is 2. The van der Waals surface area contributed by atoms with Crippen LogP contribution >= 0.6 is 11.6 Å².